The van der Waals surface area contributed by atoms with Crippen molar-refractivity contribution in [3.63, 3.8) is 0 Å². The summed E-state index contributed by atoms with van der Waals surface area (Å²) in [6, 6.07) is 5.56. The van der Waals surface area contributed by atoms with E-state index >= 15 is 0 Å². The Morgan fingerprint density at radius 3 is 2.48 bits per heavy atom. The van der Waals surface area contributed by atoms with Crippen LogP contribution in [0.2, 0.25) is 0 Å². The molecule has 0 aromatic heterocycles. The van der Waals surface area contributed by atoms with E-state index in [1.165, 1.54) is 0 Å². The van der Waals surface area contributed by atoms with Gasteiger partial charge in [0.05, 0.1) is 27.4 Å². The van der Waals surface area contributed by atoms with Crippen LogP contribution in [0.1, 0.15) is 11.1 Å². The number of ether oxygens (including phenoxy) is 3. The zero-order valence-corrected chi connectivity index (χ0v) is 13.6. The van der Waals surface area contributed by atoms with Crippen molar-refractivity contribution in [1.82, 2.24) is 4.90 Å². The molecule has 0 atom stereocenters. The Balaban J connectivity index is 2.37. The molecule has 0 spiro atoms. The number of carbonyl (C=O) groups excluding carboxylic acids is 1. The van der Waals surface area contributed by atoms with Crippen molar-refractivity contribution in [3.8, 4) is 17.6 Å². The smallest absolute Gasteiger partial charge is 0.264 e. The molecule has 0 radical (unpaired) electrons. The Kier molecular flexibility index (Phi) is 5.61. The summed E-state index contributed by atoms with van der Waals surface area (Å²) in [7, 11) is 3.13. The first-order valence-electron chi connectivity index (χ1n) is 7.32. The predicted octanol–water partition coefficient (Wildman–Crippen LogP) is 1.78. The highest BCUT2D eigenvalue weighted by atomic mass is 16.5. The Morgan fingerprint density at radius 1 is 1.26 bits per heavy atom. The molecule has 1 aliphatic heterocycles. The maximum Gasteiger partial charge on any atom is 0.264 e. The lowest BCUT2D eigenvalue weighted by Gasteiger charge is -2.26. The van der Waals surface area contributed by atoms with Gasteiger partial charge >= 0.3 is 0 Å². The van der Waals surface area contributed by atoms with Gasteiger partial charge in [0.2, 0.25) is 0 Å². The summed E-state index contributed by atoms with van der Waals surface area (Å²) in [5.74, 6) is 0.969. The van der Waals surface area contributed by atoms with E-state index in [9.17, 15) is 10.1 Å². The molecule has 6 nitrogen and oxygen atoms in total. The standard InChI is InChI=1S/C17H20N2O4/c1-12-8-16(22-3)13(10-15(12)21-2)9-14(11-18)17(20)19-4-6-23-7-5-19/h8-10H,4-7H2,1-3H3/b14-9+. The minimum atomic E-state index is -0.294. The summed E-state index contributed by atoms with van der Waals surface area (Å²) < 4.78 is 15.9. The average molecular weight is 316 g/mol. The van der Waals surface area contributed by atoms with Gasteiger partial charge in [-0.3, -0.25) is 4.79 Å². The molecule has 0 unspecified atom stereocenters. The number of benzene rings is 1. The summed E-state index contributed by atoms with van der Waals surface area (Å²) in [4.78, 5) is 14.1. The van der Waals surface area contributed by atoms with Crippen molar-refractivity contribution >= 4 is 12.0 Å². The van der Waals surface area contributed by atoms with E-state index in [1.54, 1.807) is 31.3 Å². The van der Waals surface area contributed by atoms with Crippen LogP contribution in [0.25, 0.3) is 6.08 Å². The van der Waals surface area contributed by atoms with Crippen LogP contribution >= 0.6 is 0 Å². The zero-order valence-electron chi connectivity index (χ0n) is 13.6. The van der Waals surface area contributed by atoms with Crippen molar-refractivity contribution in [1.29, 1.82) is 5.26 Å². The lowest BCUT2D eigenvalue weighted by atomic mass is 10.1. The van der Waals surface area contributed by atoms with Gasteiger partial charge in [-0.15, -0.1) is 0 Å². The SMILES string of the molecule is COc1cc(/C=C(\C#N)C(=O)N2CCOCC2)c(OC)cc1C. The Hall–Kier alpha value is -2.52. The minimum Gasteiger partial charge on any atom is -0.496 e. The van der Waals surface area contributed by atoms with E-state index in [0.717, 1.165) is 5.56 Å². The molecular formula is C17H20N2O4. The maximum atomic E-state index is 12.5. The van der Waals surface area contributed by atoms with Crippen molar-refractivity contribution in [2.75, 3.05) is 40.5 Å². The number of methoxy groups -OCH3 is 2. The number of morpholine rings is 1. The van der Waals surface area contributed by atoms with Gasteiger partial charge in [0.15, 0.2) is 0 Å². The molecule has 1 aromatic rings. The van der Waals surface area contributed by atoms with Crippen LogP contribution in [0.15, 0.2) is 17.7 Å². The topological polar surface area (TPSA) is 71.8 Å². The van der Waals surface area contributed by atoms with E-state index in [4.69, 9.17) is 14.2 Å². The number of nitriles is 1. The summed E-state index contributed by atoms with van der Waals surface area (Å²) in [6.07, 6.45) is 1.54. The van der Waals surface area contributed by atoms with Gasteiger partial charge in [-0.05, 0) is 30.7 Å². The molecule has 1 amide bonds. The van der Waals surface area contributed by atoms with E-state index in [0.29, 0.717) is 43.4 Å². The van der Waals surface area contributed by atoms with Crippen LogP contribution < -0.4 is 9.47 Å². The second-order valence-corrected chi connectivity index (χ2v) is 5.14. The largest absolute Gasteiger partial charge is 0.496 e. The van der Waals surface area contributed by atoms with Gasteiger partial charge in [-0.2, -0.15) is 5.26 Å². The number of amides is 1. The average Bonchev–Trinajstić information content (AvgIpc) is 2.60. The van der Waals surface area contributed by atoms with Gasteiger partial charge in [-0.1, -0.05) is 0 Å². The quantitative estimate of drug-likeness (QED) is 0.625. The van der Waals surface area contributed by atoms with E-state index in [1.807, 2.05) is 19.1 Å². The third-order valence-electron chi connectivity index (χ3n) is 3.70. The second kappa shape index (κ2) is 7.65. The third kappa shape index (κ3) is 3.82. The number of rotatable bonds is 4. The van der Waals surface area contributed by atoms with Crippen LogP contribution in [-0.2, 0) is 9.53 Å². The van der Waals surface area contributed by atoms with E-state index in [-0.39, 0.29) is 11.5 Å². The first kappa shape index (κ1) is 16.8. The summed E-state index contributed by atoms with van der Waals surface area (Å²) in [5, 5.41) is 9.36. The second-order valence-electron chi connectivity index (χ2n) is 5.14. The van der Waals surface area contributed by atoms with Gasteiger partial charge in [0, 0.05) is 18.7 Å². The first-order valence-corrected chi connectivity index (χ1v) is 7.32. The first-order chi connectivity index (χ1) is 11.1. The lowest BCUT2D eigenvalue weighted by molar-refractivity contribution is -0.130. The molecule has 2 rings (SSSR count). The normalized spacial score (nSPS) is 15.0. The molecule has 0 aliphatic carbocycles. The fourth-order valence-corrected chi connectivity index (χ4v) is 2.42. The lowest BCUT2D eigenvalue weighted by Crippen LogP contribution is -2.41. The molecular weight excluding hydrogens is 296 g/mol. The Morgan fingerprint density at radius 2 is 1.91 bits per heavy atom. The molecule has 1 heterocycles. The molecule has 6 heteroatoms. The van der Waals surface area contributed by atoms with Gasteiger partial charge < -0.3 is 19.1 Å². The van der Waals surface area contributed by atoms with E-state index in [2.05, 4.69) is 0 Å². The number of hydrogen-bond acceptors (Lipinski definition) is 5. The molecule has 23 heavy (non-hydrogen) atoms. The summed E-state index contributed by atoms with van der Waals surface area (Å²) >= 11 is 0. The fraction of sp³-hybridized carbons (Fsp3) is 0.412. The van der Waals surface area contributed by atoms with Crippen LogP contribution in [0.4, 0.5) is 0 Å². The van der Waals surface area contributed by atoms with E-state index < -0.39 is 0 Å². The van der Waals surface area contributed by atoms with Gasteiger partial charge in [0.1, 0.15) is 23.1 Å². The zero-order chi connectivity index (χ0) is 16.8. The van der Waals surface area contributed by atoms with Crippen LogP contribution in [0.5, 0.6) is 11.5 Å². The van der Waals surface area contributed by atoms with Crippen molar-refractivity contribution in [2.24, 2.45) is 0 Å². The predicted molar refractivity (Wildman–Crippen MR) is 85.3 cm³/mol. The number of aryl methyl sites for hydroxylation is 1. The van der Waals surface area contributed by atoms with Crippen molar-refractivity contribution in [3.05, 3.63) is 28.8 Å². The minimum absolute atomic E-state index is 0.0658. The maximum absolute atomic E-state index is 12.5. The highest BCUT2D eigenvalue weighted by Gasteiger charge is 2.21. The molecule has 1 fully saturated rings. The number of nitrogens with zero attached hydrogens (tertiary/aromatic N) is 2. The molecule has 1 aromatic carbocycles. The van der Waals surface area contributed by atoms with Gasteiger partial charge in [-0.25, -0.2) is 0 Å². The Bertz CT molecular complexity index is 655. The highest BCUT2D eigenvalue weighted by Crippen LogP contribution is 2.30. The van der Waals surface area contributed by atoms with Gasteiger partial charge in [0.25, 0.3) is 5.91 Å². The highest BCUT2D eigenvalue weighted by molar-refractivity contribution is 6.02. The molecule has 0 N–H and O–H groups in total. The van der Waals surface area contributed by atoms with Crippen LogP contribution in [0, 0.1) is 18.3 Å². The fourth-order valence-electron chi connectivity index (χ4n) is 2.42. The molecule has 0 saturated carbocycles. The monoisotopic (exact) mass is 316 g/mol. The van der Waals surface area contributed by atoms with Crippen molar-refractivity contribution in [2.45, 2.75) is 6.92 Å². The third-order valence-corrected chi connectivity index (χ3v) is 3.70. The number of hydrogen-bond donors (Lipinski definition) is 0. The molecule has 0 bridgehead atoms. The Labute approximate surface area is 135 Å². The molecule has 1 aliphatic rings. The summed E-state index contributed by atoms with van der Waals surface area (Å²) in [6.45, 7) is 3.87. The van der Waals surface area contributed by atoms with Crippen LogP contribution in [-0.4, -0.2) is 51.3 Å². The number of carbonyl (C=O) groups is 1. The molecule has 1 saturated heterocycles. The van der Waals surface area contributed by atoms with Crippen LogP contribution in [0.3, 0.4) is 0 Å². The summed E-state index contributed by atoms with van der Waals surface area (Å²) in [5.41, 5.74) is 1.61. The molecule has 122 valence electrons. The van der Waals surface area contributed by atoms with Crippen molar-refractivity contribution < 1.29 is 19.0 Å².